The van der Waals surface area contributed by atoms with E-state index in [0.29, 0.717) is 37.8 Å². The minimum atomic E-state index is -0.480. The number of carbonyl (C=O) groups excluding carboxylic acids is 2. The molecule has 1 aliphatic heterocycles. The Kier molecular flexibility index (Phi) is 7.90. The molecule has 0 saturated carbocycles. The molecule has 11 nitrogen and oxygen atoms in total. The first-order valence-electron chi connectivity index (χ1n) is 13.8. The molecule has 0 spiro atoms. The number of aromatic nitrogens is 6. The summed E-state index contributed by atoms with van der Waals surface area (Å²) < 4.78 is 7.16. The van der Waals surface area contributed by atoms with Gasteiger partial charge in [-0.1, -0.05) is 22.9 Å². The zero-order valence-corrected chi connectivity index (χ0v) is 23.6. The zero-order valence-electron chi connectivity index (χ0n) is 23.6. The van der Waals surface area contributed by atoms with E-state index in [4.69, 9.17) is 4.74 Å². The Balaban J connectivity index is 1.04. The summed E-state index contributed by atoms with van der Waals surface area (Å²) in [7, 11) is 0. The molecule has 0 radical (unpaired) electrons. The van der Waals surface area contributed by atoms with E-state index in [0.717, 1.165) is 53.9 Å². The molecule has 2 aliphatic rings. The van der Waals surface area contributed by atoms with Gasteiger partial charge < -0.3 is 15.0 Å². The van der Waals surface area contributed by atoms with E-state index in [-0.39, 0.29) is 12.0 Å². The molecule has 0 aromatic carbocycles. The summed E-state index contributed by atoms with van der Waals surface area (Å²) in [5, 5.41) is 19.9. The van der Waals surface area contributed by atoms with E-state index in [1.807, 2.05) is 39.8 Å². The van der Waals surface area contributed by atoms with Crippen molar-refractivity contribution in [3.05, 3.63) is 70.1 Å². The van der Waals surface area contributed by atoms with Crippen molar-refractivity contribution in [2.45, 2.75) is 72.1 Å². The van der Waals surface area contributed by atoms with Crippen molar-refractivity contribution in [2.75, 3.05) is 13.1 Å². The molecule has 1 saturated heterocycles. The number of nitrogens with one attached hydrogen (secondary N) is 1. The third-order valence-corrected chi connectivity index (χ3v) is 6.99. The van der Waals surface area contributed by atoms with Gasteiger partial charge in [0.25, 0.3) is 5.91 Å². The molecule has 3 aromatic heterocycles. The van der Waals surface area contributed by atoms with Crippen LogP contribution in [-0.2, 0) is 30.7 Å². The predicted molar refractivity (Wildman–Crippen MR) is 148 cm³/mol. The van der Waals surface area contributed by atoms with Gasteiger partial charge in [0.05, 0.1) is 17.6 Å². The van der Waals surface area contributed by atoms with Crippen LogP contribution < -0.4 is 5.32 Å². The minimum Gasteiger partial charge on any atom is -0.444 e. The molecule has 5 rings (SSSR count). The first-order chi connectivity index (χ1) is 19.1. The standard InChI is InChI=1S/C29H36N8O3/c1-19-8-9-20(14-30-19)15-31-27(38)26-18-37(35-34-26)10-6-5-7-24-12-22-11-21(13-25(22)33-32-24)23-16-36(17-23)28(39)40-29(2,3)4/h8-9,11-12,14,18,23H,5-7,10,13,15-17H2,1-4H3,(H,31,38). The monoisotopic (exact) mass is 544 g/mol. The Morgan fingerprint density at radius 2 is 1.95 bits per heavy atom. The lowest BCUT2D eigenvalue weighted by molar-refractivity contribution is 0.00361. The van der Waals surface area contributed by atoms with Crippen molar-refractivity contribution >= 4 is 18.1 Å². The maximum Gasteiger partial charge on any atom is 0.410 e. The molecule has 0 atom stereocenters. The van der Waals surface area contributed by atoms with E-state index in [9.17, 15) is 9.59 Å². The number of ether oxygens (including phenoxy) is 1. The molecular formula is C29H36N8O3. The molecule has 11 heteroatoms. The minimum absolute atomic E-state index is 0.247. The van der Waals surface area contributed by atoms with Gasteiger partial charge in [-0.3, -0.25) is 14.5 Å². The fraction of sp³-hybridized carbons (Fsp3) is 0.483. The third kappa shape index (κ3) is 6.88. The van der Waals surface area contributed by atoms with Crippen LogP contribution in [-0.4, -0.2) is 65.8 Å². The molecule has 0 unspecified atom stereocenters. The summed E-state index contributed by atoms with van der Waals surface area (Å²) >= 11 is 0. The number of carbonyl (C=O) groups is 2. The number of hydrogen-bond acceptors (Lipinski definition) is 8. The largest absolute Gasteiger partial charge is 0.444 e. The summed E-state index contributed by atoms with van der Waals surface area (Å²) in [6.45, 7) is 10.00. The van der Waals surface area contributed by atoms with E-state index in [1.165, 1.54) is 5.57 Å². The van der Waals surface area contributed by atoms with E-state index >= 15 is 0 Å². The second-order valence-corrected chi connectivity index (χ2v) is 11.5. The Hall–Kier alpha value is -4.15. The van der Waals surface area contributed by atoms with Gasteiger partial charge in [0.2, 0.25) is 0 Å². The van der Waals surface area contributed by atoms with Gasteiger partial charge in [-0.2, -0.15) is 10.2 Å². The smallest absolute Gasteiger partial charge is 0.410 e. The lowest BCUT2D eigenvalue weighted by Crippen LogP contribution is -2.52. The normalized spacial score (nSPS) is 14.9. The molecule has 1 fully saturated rings. The predicted octanol–water partition coefficient (Wildman–Crippen LogP) is 3.53. The van der Waals surface area contributed by atoms with Crippen LogP contribution >= 0.6 is 0 Å². The van der Waals surface area contributed by atoms with Crippen LogP contribution in [0.5, 0.6) is 0 Å². The van der Waals surface area contributed by atoms with Gasteiger partial charge in [-0.25, -0.2) is 4.79 Å². The van der Waals surface area contributed by atoms with Crippen molar-refractivity contribution < 1.29 is 14.3 Å². The number of fused-ring (bicyclic) bond motifs is 1. The number of hydrogen-bond donors (Lipinski definition) is 1. The highest BCUT2D eigenvalue weighted by atomic mass is 16.6. The summed E-state index contributed by atoms with van der Waals surface area (Å²) in [4.78, 5) is 30.6. The van der Waals surface area contributed by atoms with Crippen molar-refractivity contribution in [1.29, 1.82) is 0 Å². The second-order valence-electron chi connectivity index (χ2n) is 11.5. The summed E-state index contributed by atoms with van der Waals surface area (Å²) in [6, 6.07) is 5.98. The van der Waals surface area contributed by atoms with Gasteiger partial charge in [0.1, 0.15) is 5.60 Å². The van der Waals surface area contributed by atoms with Crippen LogP contribution in [0.4, 0.5) is 4.79 Å². The van der Waals surface area contributed by atoms with Crippen LogP contribution in [0.15, 0.2) is 36.2 Å². The first kappa shape index (κ1) is 27.4. The molecule has 210 valence electrons. The number of unbranched alkanes of at least 4 members (excludes halogenated alkanes) is 1. The second kappa shape index (κ2) is 11.5. The van der Waals surface area contributed by atoms with Crippen LogP contribution in [0.1, 0.15) is 72.3 Å². The number of aryl methyl sites for hydroxylation is 3. The summed E-state index contributed by atoms with van der Waals surface area (Å²) in [5.74, 6) is 0.0894. The van der Waals surface area contributed by atoms with Gasteiger partial charge in [0.15, 0.2) is 5.69 Å². The lowest BCUT2D eigenvalue weighted by Gasteiger charge is -2.40. The van der Waals surface area contributed by atoms with E-state index < -0.39 is 5.60 Å². The number of amides is 2. The maximum absolute atomic E-state index is 12.4. The highest BCUT2D eigenvalue weighted by molar-refractivity contribution is 5.91. The molecule has 3 aromatic rings. The molecule has 0 bridgehead atoms. The van der Waals surface area contributed by atoms with Crippen molar-refractivity contribution in [2.24, 2.45) is 5.92 Å². The Bertz CT molecular complexity index is 1400. The quantitative estimate of drug-likeness (QED) is 0.405. The third-order valence-electron chi connectivity index (χ3n) is 6.99. The van der Waals surface area contributed by atoms with Crippen LogP contribution in [0, 0.1) is 12.8 Å². The highest BCUT2D eigenvalue weighted by Crippen LogP contribution is 2.34. The number of nitrogens with zero attached hydrogens (tertiary/aromatic N) is 7. The van der Waals surface area contributed by atoms with Gasteiger partial charge in [-0.15, -0.1) is 5.10 Å². The molecule has 2 amide bonds. The van der Waals surface area contributed by atoms with Crippen molar-refractivity contribution in [3.63, 3.8) is 0 Å². The Morgan fingerprint density at radius 1 is 1.12 bits per heavy atom. The van der Waals surface area contributed by atoms with Crippen LogP contribution in [0.25, 0.3) is 6.08 Å². The van der Waals surface area contributed by atoms with Crippen molar-refractivity contribution in [1.82, 2.24) is 40.4 Å². The van der Waals surface area contributed by atoms with Gasteiger partial charge in [-0.05, 0) is 70.2 Å². The van der Waals surface area contributed by atoms with Crippen LogP contribution in [0.3, 0.4) is 0 Å². The fourth-order valence-electron chi connectivity index (χ4n) is 4.72. The Morgan fingerprint density at radius 3 is 2.70 bits per heavy atom. The zero-order chi connectivity index (χ0) is 28.3. The summed E-state index contributed by atoms with van der Waals surface area (Å²) in [5.41, 5.74) is 6.09. The number of pyridine rings is 1. The molecule has 1 N–H and O–H groups in total. The molecular weight excluding hydrogens is 508 g/mol. The average Bonchev–Trinajstić information content (AvgIpc) is 3.51. The maximum atomic E-state index is 12.4. The van der Waals surface area contributed by atoms with Crippen LogP contribution in [0.2, 0.25) is 0 Å². The topological polar surface area (TPSA) is 128 Å². The average molecular weight is 545 g/mol. The van der Waals surface area contributed by atoms with Crippen molar-refractivity contribution in [3.8, 4) is 0 Å². The Labute approximate surface area is 234 Å². The van der Waals surface area contributed by atoms with Gasteiger partial charge in [0, 0.05) is 50.4 Å². The van der Waals surface area contributed by atoms with E-state index in [1.54, 1.807) is 22.0 Å². The molecule has 4 heterocycles. The first-order valence-corrected chi connectivity index (χ1v) is 13.8. The number of likely N-dealkylation sites (tertiary alicyclic amines) is 1. The molecule has 1 aliphatic carbocycles. The van der Waals surface area contributed by atoms with Gasteiger partial charge >= 0.3 is 6.09 Å². The van der Waals surface area contributed by atoms with E-state index in [2.05, 4.69) is 43.0 Å². The molecule has 40 heavy (non-hydrogen) atoms. The summed E-state index contributed by atoms with van der Waals surface area (Å²) in [6.07, 6.45) is 8.79. The number of rotatable bonds is 9. The fourth-order valence-corrected chi connectivity index (χ4v) is 4.72. The SMILES string of the molecule is Cc1ccc(CNC(=O)c2cn(CCCCc3cc4c(nn3)CC(C3CN(C(=O)OC(C)(C)C)C3)=C4)nn2)cn1. The highest BCUT2D eigenvalue weighted by Gasteiger charge is 2.37. The lowest BCUT2D eigenvalue weighted by atomic mass is 9.91.